The van der Waals surface area contributed by atoms with E-state index in [1.54, 1.807) is 41.5 Å². The monoisotopic (exact) mass is 1030 g/mol. The lowest BCUT2D eigenvalue weighted by molar-refractivity contribution is -0.160. The largest absolute Gasteiger partial charge is 0.462 e. The summed E-state index contributed by atoms with van der Waals surface area (Å²) in [5.41, 5.74) is 4.82. The van der Waals surface area contributed by atoms with E-state index >= 15 is 0 Å². The maximum absolute atomic E-state index is 12.9. The SMILES string of the molecule is CCCCCCCCCCCCCCCC(=O)OC[C@H](CSC[C@H](N)C(=O)NCCCCCC(=O)N[C@@H](CCC(=O)OC(C)(C)C)C(=O)OC(C)(C)C)OC(=O)CCCCCCCCCCCCCCC. The summed E-state index contributed by atoms with van der Waals surface area (Å²) in [6.07, 6.45) is 33.9. The number of ether oxygens (including phenoxy) is 4. The summed E-state index contributed by atoms with van der Waals surface area (Å²) in [4.78, 5) is 76.4. The summed E-state index contributed by atoms with van der Waals surface area (Å²) in [6.45, 7) is 15.4. The lowest BCUT2D eigenvalue weighted by atomic mass is 10.0. The topological polar surface area (TPSA) is 189 Å². The fraction of sp³-hybridized carbons (Fsp3) is 0.895. The zero-order valence-corrected chi connectivity index (χ0v) is 47.5. The van der Waals surface area contributed by atoms with Crippen molar-refractivity contribution in [1.82, 2.24) is 10.6 Å². The molecule has 416 valence electrons. The molecule has 0 aromatic rings. The Morgan fingerprint density at radius 1 is 0.493 bits per heavy atom. The smallest absolute Gasteiger partial charge is 0.329 e. The molecule has 0 aromatic heterocycles. The van der Waals surface area contributed by atoms with Gasteiger partial charge in [0, 0.05) is 43.7 Å². The van der Waals surface area contributed by atoms with Crippen LogP contribution in [-0.2, 0) is 47.7 Å². The fourth-order valence-corrected chi connectivity index (χ4v) is 9.04. The van der Waals surface area contributed by atoms with Gasteiger partial charge < -0.3 is 35.3 Å². The van der Waals surface area contributed by atoms with Crippen LogP contribution in [0.25, 0.3) is 0 Å². The predicted octanol–water partition coefficient (Wildman–Crippen LogP) is 13.1. The van der Waals surface area contributed by atoms with Crippen LogP contribution in [0.4, 0.5) is 0 Å². The van der Waals surface area contributed by atoms with E-state index in [0.717, 1.165) is 38.5 Å². The zero-order chi connectivity index (χ0) is 53.0. The Labute approximate surface area is 437 Å². The number of nitrogens with one attached hydrogen (secondary N) is 2. The first-order valence-electron chi connectivity index (χ1n) is 28.6. The van der Waals surface area contributed by atoms with E-state index in [4.69, 9.17) is 24.7 Å². The van der Waals surface area contributed by atoms with Gasteiger partial charge in [-0.05, 0) is 73.6 Å². The van der Waals surface area contributed by atoms with Crippen molar-refractivity contribution in [2.75, 3.05) is 24.7 Å². The molecule has 71 heavy (non-hydrogen) atoms. The second-order valence-electron chi connectivity index (χ2n) is 21.8. The van der Waals surface area contributed by atoms with Crippen LogP contribution in [0.3, 0.4) is 0 Å². The Bertz CT molecular complexity index is 1380. The van der Waals surface area contributed by atoms with E-state index in [1.165, 1.54) is 140 Å². The van der Waals surface area contributed by atoms with Gasteiger partial charge in [-0.2, -0.15) is 11.8 Å². The van der Waals surface area contributed by atoms with E-state index < -0.39 is 41.3 Å². The van der Waals surface area contributed by atoms with Crippen molar-refractivity contribution in [1.29, 1.82) is 0 Å². The molecule has 0 spiro atoms. The van der Waals surface area contributed by atoms with Gasteiger partial charge in [0.1, 0.15) is 30.0 Å². The van der Waals surface area contributed by atoms with Crippen molar-refractivity contribution in [2.45, 2.75) is 303 Å². The molecule has 0 aliphatic rings. The first-order chi connectivity index (χ1) is 33.9. The lowest BCUT2D eigenvalue weighted by Crippen LogP contribution is -2.44. The van der Waals surface area contributed by atoms with Crippen LogP contribution in [0.5, 0.6) is 0 Å². The van der Waals surface area contributed by atoms with Gasteiger partial charge >= 0.3 is 23.9 Å². The van der Waals surface area contributed by atoms with E-state index in [1.807, 2.05) is 0 Å². The number of rotatable bonds is 47. The quantitative estimate of drug-likeness (QED) is 0.0298. The highest BCUT2D eigenvalue weighted by Gasteiger charge is 2.28. The van der Waals surface area contributed by atoms with Gasteiger partial charge in [-0.25, -0.2) is 4.79 Å². The summed E-state index contributed by atoms with van der Waals surface area (Å²) in [6, 6.07) is -1.78. The molecule has 0 heterocycles. The third kappa shape index (κ3) is 46.6. The average molecular weight is 1030 g/mol. The number of esters is 4. The molecule has 14 heteroatoms. The first-order valence-corrected chi connectivity index (χ1v) is 29.7. The highest BCUT2D eigenvalue weighted by molar-refractivity contribution is 7.99. The van der Waals surface area contributed by atoms with Crippen LogP contribution in [-0.4, -0.2) is 89.7 Å². The van der Waals surface area contributed by atoms with Crippen LogP contribution in [0.1, 0.15) is 274 Å². The summed E-state index contributed by atoms with van der Waals surface area (Å²) < 4.78 is 22.3. The normalized spacial score (nSPS) is 13.0. The van der Waals surface area contributed by atoms with Crippen molar-refractivity contribution in [2.24, 2.45) is 5.73 Å². The van der Waals surface area contributed by atoms with Gasteiger partial charge in [-0.1, -0.05) is 174 Å². The van der Waals surface area contributed by atoms with Crippen LogP contribution in [0.15, 0.2) is 0 Å². The van der Waals surface area contributed by atoms with E-state index in [-0.39, 0.29) is 49.6 Å². The van der Waals surface area contributed by atoms with Gasteiger partial charge in [0.2, 0.25) is 11.8 Å². The van der Waals surface area contributed by atoms with Crippen LogP contribution in [0, 0.1) is 0 Å². The molecule has 0 rings (SSSR count). The molecular formula is C57H107N3O10S. The van der Waals surface area contributed by atoms with Crippen molar-refractivity contribution < 1.29 is 47.7 Å². The average Bonchev–Trinajstić information content (AvgIpc) is 3.29. The van der Waals surface area contributed by atoms with Crippen molar-refractivity contribution in [3.8, 4) is 0 Å². The van der Waals surface area contributed by atoms with Crippen molar-refractivity contribution in [3.05, 3.63) is 0 Å². The minimum absolute atomic E-state index is 0.0260. The number of hydrogen-bond acceptors (Lipinski definition) is 12. The Morgan fingerprint density at radius 3 is 1.38 bits per heavy atom. The number of unbranched alkanes of at least 4 members (excludes halogenated alkanes) is 26. The molecule has 0 aliphatic heterocycles. The minimum Gasteiger partial charge on any atom is -0.462 e. The van der Waals surface area contributed by atoms with Gasteiger partial charge in [0.25, 0.3) is 0 Å². The third-order valence-corrected chi connectivity index (χ3v) is 13.3. The molecule has 0 bridgehead atoms. The molecule has 3 atom stereocenters. The molecule has 0 aliphatic carbocycles. The maximum atomic E-state index is 12.9. The van der Waals surface area contributed by atoms with Crippen LogP contribution in [0.2, 0.25) is 0 Å². The number of carbonyl (C=O) groups is 6. The highest BCUT2D eigenvalue weighted by Crippen LogP contribution is 2.18. The number of carbonyl (C=O) groups excluding carboxylic acids is 6. The zero-order valence-electron chi connectivity index (χ0n) is 46.7. The number of amides is 2. The van der Waals surface area contributed by atoms with E-state index in [9.17, 15) is 28.8 Å². The van der Waals surface area contributed by atoms with Gasteiger partial charge in [0.05, 0.1) is 6.04 Å². The van der Waals surface area contributed by atoms with Gasteiger partial charge in [-0.15, -0.1) is 0 Å². The summed E-state index contributed by atoms with van der Waals surface area (Å²) in [5.74, 6) is -1.66. The fourth-order valence-electron chi connectivity index (χ4n) is 8.07. The molecule has 0 fully saturated rings. The molecule has 0 radical (unpaired) electrons. The summed E-state index contributed by atoms with van der Waals surface area (Å²) in [7, 11) is 0. The third-order valence-electron chi connectivity index (χ3n) is 12.1. The standard InChI is InChI=1S/C57H107N3O10S/c1-9-11-13-15-17-19-21-23-25-27-29-31-35-39-51(62)67-44-47(68-52(63)40-36-32-30-28-26-24-22-20-18-16-14-12-10-2)45-71-46-48(58)54(65)59-43-37-33-34-38-50(61)60-49(55(66)70-57(6,7)8)41-42-53(64)69-56(3,4)5/h47-49H,9-46,58H2,1-8H3,(H,59,65)(H,60,61)/t47-,48+,49+/m1/s1. The van der Waals surface area contributed by atoms with E-state index in [0.29, 0.717) is 50.2 Å². The van der Waals surface area contributed by atoms with Crippen molar-refractivity contribution >= 4 is 47.5 Å². The molecule has 0 saturated carbocycles. The number of thioether (sulfide) groups is 1. The lowest BCUT2D eigenvalue weighted by Gasteiger charge is -2.25. The van der Waals surface area contributed by atoms with Crippen LogP contribution < -0.4 is 16.4 Å². The van der Waals surface area contributed by atoms with Crippen LogP contribution >= 0.6 is 11.8 Å². The molecule has 4 N–H and O–H groups in total. The maximum Gasteiger partial charge on any atom is 0.329 e. The number of hydrogen-bond donors (Lipinski definition) is 3. The second-order valence-corrected chi connectivity index (χ2v) is 22.9. The molecule has 0 saturated heterocycles. The molecule has 0 unspecified atom stereocenters. The molecule has 13 nitrogen and oxygen atoms in total. The summed E-state index contributed by atoms with van der Waals surface area (Å²) >= 11 is 1.39. The summed E-state index contributed by atoms with van der Waals surface area (Å²) in [5, 5.41) is 5.59. The molecule has 0 aromatic carbocycles. The highest BCUT2D eigenvalue weighted by atomic mass is 32.2. The Hall–Kier alpha value is -2.87. The Kier molecular flexibility index (Phi) is 42.8. The Balaban J connectivity index is 4.78. The predicted molar refractivity (Wildman–Crippen MR) is 291 cm³/mol. The number of nitrogens with two attached hydrogens (primary N) is 1. The first kappa shape index (κ1) is 68.1. The molecular weight excluding hydrogens is 919 g/mol. The van der Waals surface area contributed by atoms with Crippen molar-refractivity contribution in [3.63, 3.8) is 0 Å². The second kappa shape index (κ2) is 44.6. The van der Waals surface area contributed by atoms with Gasteiger partial charge in [0.15, 0.2) is 0 Å². The minimum atomic E-state index is -0.988. The van der Waals surface area contributed by atoms with E-state index in [2.05, 4.69) is 24.5 Å². The molecule has 2 amide bonds. The van der Waals surface area contributed by atoms with Gasteiger partial charge in [-0.3, -0.25) is 24.0 Å². The Morgan fingerprint density at radius 2 is 0.915 bits per heavy atom.